The van der Waals surface area contributed by atoms with Crippen LogP contribution in [0, 0.1) is 6.92 Å². The molecule has 0 atom stereocenters. The lowest BCUT2D eigenvalue weighted by molar-refractivity contribution is -0.0504. The van der Waals surface area contributed by atoms with E-state index in [0.29, 0.717) is 24.6 Å². The van der Waals surface area contributed by atoms with Crippen molar-refractivity contribution < 1.29 is 13.5 Å². The fourth-order valence-electron chi connectivity index (χ4n) is 2.21. The minimum atomic E-state index is -2.86. The van der Waals surface area contributed by atoms with E-state index < -0.39 is 6.61 Å². The highest BCUT2D eigenvalue weighted by Gasteiger charge is 2.11. The number of anilines is 1. The Labute approximate surface area is 179 Å². The second-order valence-corrected chi connectivity index (χ2v) is 6.62. The van der Waals surface area contributed by atoms with Crippen molar-refractivity contribution in [1.29, 1.82) is 0 Å². The maximum Gasteiger partial charge on any atom is 0.387 e. The van der Waals surface area contributed by atoms with E-state index >= 15 is 0 Å². The Bertz CT molecular complexity index is 755. The second kappa shape index (κ2) is 11.2. The lowest BCUT2D eigenvalue weighted by atomic mass is 10.1. The van der Waals surface area contributed by atoms with Crippen LogP contribution in [0.25, 0.3) is 0 Å². The molecule has 2 N–H and O–H groups in total. The van der Waals surface area contributed by atoms with Crippen LogP contribution in [0.15, 0.2) is 28.6 Å². The van der Waals surface area contributed by atoms with E-state index in [2.05, 4.69) is 25.3 Å². The zero-order valence-electron chi connectivity index (χ0n) is 15.6. The van der Waals surface area contributed by atoms with Gasteiger partial charge in [0.25, 0.3) is 0 Å². The standard InChI is InChI=1S/C17H23F2N5OS.HI/c1-11-5-6-14(25-15(18)19)12(7-11)8-21-16(20-2)22-9-13-10-26-17(23-13)24(3)4;/h5-7,10,15H,8-9H2,1-4H3,(H2,20,21,22);1H. The fourth-order valence-corrected chi connectivity index (χ4v) is 2.97. The zero-order valence-corrected chi connectivity index (χ0v) is 18.8. The Balaban J connectivity index is 0.00000364. The first kappa shape index (κ1) is 23.3. The number of hydrogen-bond acceptors (Lipinski definition) is 5. The van der Waals surface area contributed by atoms with Gasteiger partial charge in [-0.25, -0.2) is 4.98 Å². The van der Waals surface area contributed by atoms with E-state index in [1.165, 1.54) is 0 Å². The molecule has 0 aliphatic heterocycles. The number of benzene rings is 1. The Morgan fingerprint density at radius 2 is 2.00 bits per heavy atom. The third-order valence-corrected chi connectivity index (χ3v) is 4.52. The highest BCUT2D eigenvalue weighted by molar-refractivity contribution is 14.0. The van der Waals surface area contributed by atoms with Crippen LogP contribution in [0.4, 0.5) is 13.9 Å². The Kier molecular flexibility index (Phi) is 9.70. The summed E-state index contributed by atoms with van der Waals surface area (Å²) in [6.07, 6.45) is 0. The maximum absolute atomic E-state index is 12.5. The van der Waals surface area contributed by atoms with E-state index in [4.69, 9.17) is 0 Å². The van der Waals surface area contributed by atoms with Crippen LogP contribution in [-0.2, 0) is 13.1 Å². The molecule has 0 bridgehead atoms. The molecule has 1 aromatic carbocycles. The molecule has 2 aromatic rings. The normalized spacial score (nSPS) is 11.1. The van der Waals surface area contributed by atoms with Gasteiger partial charge in [-0.1, -0.05) is 17.7 Å². The molecule has 0 saturated heterocycles. The molecule has 27 heavy (non-hydrogen) atoms. The van der Waals surface area contributed by atoms with Gasteiger partial charge in [0.1, 0.15) is 5.75 Å². The minimum Gasteiger partial charge on any atom is -0.434 e. The number of aliphatic imine (C=N–C) groups is 1. The number of alkyl halides is 2. The van der Waals surface area contributed by atoms with Crippen LogP contribution in [0.1, 0.15) is 16.8 Å². The van der Waals surface area contributed by atoms with Gasteiger partial charge in [-0.2, -0.15) is 8.78 Å². The first-order chi connectivity index (χ1) is 12.4. The summed E-state index contributed by atoms with van der Waals surface area (Å²) in [5.41, 5.74) is 2.50. The third kappa shape index (κ3) is 7.45. The number of hydrogen-bond donors (Lipinski definition) is 2. The van der Waals surface area contributed by atoms with Gasteiger partial charge < -0.3 is 20.3 Å². The SMILES string of the molecule is CN=C(NCc1csc(N(C)C)n1)NCc1cc(C)ccc1OC(F)F.I. The van der Waals surface area contributed by atoms with Gasteiger partial charge in [0, 0.05) is 38.6 Å². The van der Waals surface area contributed by atoms with Gasteiger partial charge in [0.15, 0.2) is 11.1 Å². The molecule has 0 spiro atoms. The van der Waals surface area contributed by atoms with Crippen molar-refractivity contribution in [2.75, 3.05) is 26.0 Å². The summed E-state index contributed by atoms with van der Waals surface area (Å²) in [5.74, 6) is 0.706. The molecule has 0 aliphatic carbocycles. The summed E-state index contributed by atoms with van der Waals surface area (Å²) in [7, 11) is 5.53. The molecule has 0 amide bonds. The number of guanidine groups is 1. The molecule has 0 unspecified atom stereocenters. The van der Waals surface area contributed by atoms with Crippen molar-refractivity contribution >= 4 is 46.4 Å². The Morgan fingerprint density at radius 3 is 2.59 bits per heavy atom. The monoisotopic (exact) mass is 511 g/mol. The van der Waals surface area contributed by atoms with E-state index in [9.17, 15) is 8.78 Å². The van der Waals surface area contributed by atoms with Crippen molar-refractivity contribution in [3.05, 3.63) is 40.4 Å². The molecular formula is C17H24F2IN5OS. The molecule has 1 heterocycles. The zero-order chi connectivity index (χ0) is 19.1. The van der Waals surface area contributed by atoms with Crippen molar-refractivity contribution in [2.45, 2.75) is 26.6 Å². The van der Waals surface area contributed by atoms with Crippen LogP contribution in [0.3, 0.4) is 0 Å². The van der Waals surface area contributed by atoms with Crippen molar-refractivity contribution in [2.24, 2.45) is 4.99 Å². The second-order valence-electron chi connectivity index (χ2n) is 5.78. The summed E-state index contributed by atoms with van der Waals surface area (Å²) in [6.45, 7) is -0.140. The number of halogens is 3. The first-order valence-electron chi connectivity index (χ1n) is 7.99. The predicted molar refractivity (Wildman–Crippen MR) is 117 cm³/mol. The Hall–Kier alpha value is -1.69. The average molecular weight is 511 g/mol. The predicted octanol–water partition coefficient (Wildman–Crippen LogP) is 3.60. The number of rotatable bonds is 7. The molecule has 0 fully saturated rings. The highest BCUT2D eigenvalue weighted by atomic mass is 127. The number of aryl methyl sites for hydroxylation is 1. The minimum absolute atomic E-state index is 0. The van der Waals surface area contributed by atoms with Crippen LogP contribution >= 0.6 is 35.3 Å². The summed E-state index contributed by atoms with van der Waals surface area (Å²) in [4.78, 5) is 10.6. The summed E-state index contributed by atoms with van der Waals surface area (Å²) >= 11 is 1.56. The highest BCUT2D eigenvalue weighted by Crippen LogP contribution is 2.22. The van der Waals surface area contributed by atoms with E-state index in [0.717, 1.165) is 16.4 Å². The van der Waals surface area contributed by atoms with Crippen molar-refractivity contribution in [1.82, 2.24) is 15.6 Å². The molecule has 0 saturated carbocycles. The van der Waals surface area contributed by atoms with Gasteiger partial charge in [0.05, 0.1) is 12.2 Å². The lowest BCUT2D eigenvalue weighted by Crippen LogP contribution is -2.36. The molecule has 0 aliphatic rings. The summed E-state index contributed by atoms with van der Waals surface area (Å²) < 4.78 is 29.7. The lowest BCUT2D eigenvalue weighted by Gasteiger charge is -2.15. The summed E-state index contributed by atoms with van der Waals surface area (Å²) in [6, 6.07) is 5.09. The van der Waals surface area contributed by atoms with Crippen molar-refractivity contribution in [3.8, 4) is 5.75 Å². The van der Waals surface area contributed by atoms with Crippen LogP contribution in [0.2, 0.25) is 0 Å². The largest absolute Gasteiger partial charge is 0.434 e. The first-order valence-corrected chi connectivity index (χ1v) is 8.87. The van der Waals surface area contributed by atoms with Gasteiger partial charge in [0.2, 0.25) is 0 Å². The molecule has 150 valence electrons. The maximum atomic E-state index is 12.5. The van der Waals surface area contributed by atoms with Gasteiger partial charge in [-0.15, -0.1) is 35.3 Å². The molecule has 0 radical (unpaired) electrons. The number of nitrogens with one attached hydrogen (secondary N) is 2. The van der Waals surface area contributed by atoms with Gasteiger partial charge >= 0.3 is 6.61 Å². The molecular weight excluding hydrogens is 487 g/mol. The molecule has 1 aromatic heterocycles. The number of aromatic nitrogens is 1. The van der Waals surface area contributed by atoms with E-state index in [1.807, 2.05) is 37.4 Å². The molecule has 10 heteroatoms. The van der Waals surface area contributed by atoms with Crippen molar-refractivity contribution in [3.63, 3.8) is 0 Å². The van der Waals surface area contributed by atoms with Crippen LogP contribution < -0.4 is 20.3 Å². The van der Waals surface area contributed by atoms with Gasteiger partial charge in [-0.05, 0) is 13.0 Å². The van der Waals surface area contributed by atoms with Crippen LogP contribution in [0.5, 0.6) is 5.75 Å². The fraction of sp³-hybridized carbons (Fsp3) is 0.412. The third-order valence-electron chi connectivity index (χ3n) is 3.46. The molecule has 6 nitrogen and oxygen atoms in total. The summed E-state index contributed by atoms with van der Waals surface area (Å²) in [5, 5.41) is 9.17. The topological polar surface area (TPSA) is 61.8 Å². The quantitative estimate of drug-likeness (QED) is 0.338. The van der Waals surface area contributed by atoms with Crippen LogP contribution in [-0.4, -0.2) is 38.7 Å². The van der Waals surface area contributed by atoms with E-state index in [1.54, 1.807) is 30.5 Å². The Morgan fingerprint density at radius 1 is 1.30 bits per heavy atom. The average Bonchev–Trinajstić information content (AvgIpc) is 3.06. The number of nitrogens with zero attached hydrogens (tertiary/aromatic N) is 3. The van der Waals surface area contributed by atoms with E-state index in [-0.39, 0.29) is 29.7 Å². The number of ether oxygens (including phenoxy) is 1. The van der Waals surface area contributed by atoms with Gasteiger partial charge in [-0.3, -0.25) is 4.99 Å². The smallest absolute Gasteiger partial charge is 0.387 e. The number of thiazole rings is 1. The molecule has 2 rings (SSSR count).